The van der Waals surface area contributed by atoms with Crippen molar-refractivity contribution in [2.75, 3.05) is 18.0 Å². The third kappa shape index (κ3) is 3.83. The van der Waals surface area contributed by atoms with E-state index in [1.807, 2.05) is 38.1 Å². The lowest BCUT2D eigenvalue weighted by molar-refractivity contribution is 0.502. The molecule has 0 aliphatic carbocycles. The number of hydrogen-bond acceptors (Lipinski definition) is 5. The third-order valence-electron chi connectivity index (χ3n) is 4.22. The van der Waals surface area contributed by atoms with Crippen LogP contribution in [0.1, 0.15) is 36.8 Å². The fourth-order valence-corrected chi connectivity index (χ4v) is 3.05. The van der Waals surface area contributed by atoms with Gasteiger partial charge in [-0.3, -0.25) is 0 Å². The number of aryl methyl sites for hydroxylation is 2. The molecule has 5 nitrogen and oxygen atoms in total. The van der Waals surface area contributed by atoms with E-state index in [0.717, 1.165) is 35.7 Å². The summed E-state index contributed by atoms with van der Waals surface area (Å²) in [5.74, 6) is 2.22. The number of aromatic nitrogens is 2. The van der Waals surface area contributed by atoms with Crippen molar-refractivity contribution in [3.63, 3.8) is 0 Å². The van der Waals surface area contributed by atoms with Crippen LogP contribution < -0.4 is 4.90 Å². The molecule has 2 aromatic heterocycles. The number of hydrogen-bond donors (Lipinski definition) is 0. The molecule has 3 aromatic rings. The summed E-state index contributed by atoms with van der Waals surface area (Å²) in [5, 5.41) is 8.52. The predicted molar refractivity (Wildman–Crippen MR) is 105 cm³/mol. The lowest BCUT2D eigenvalue weighted by Gasteiger charge is -2.20. The smallest absolute Gasteiger partial charge is 0.259 e. The van der Waals surface area contributed by atoms with Gasteiger partial charge in [0.25, 0.3) is 11.8 Å². The first kappa shape index (κ1) is 18.3. The Labute approximate surface area is 158 Å². The Balaban J connectivity index is 1.81. The van der Waals surface area contributed by atoms with Crippen molar-refractivity contribution in [1.82, 2.24) is 10.2 Å². The molecule has 0 bridgehead atoms. The molecule has 0 unspecified atom stereocenters. The number of benzene rings is 1. The molecule has 136 valence electrons. The van der Waals surface area contributed by atoms with E-state index in [-0.39, 0.29) is 5.89 Å². The molecule has 0 spiro atoms. The topological polar surface area (TPSA) is 55.3 Å². The van der Waals surface area contributed by atoms with Crippen molar-refractivity contribution >= 4 is 28.4 Å². The van der Waals surface area contributed by atoms with Gasteiger partial charge in [-0.1, -0.05) is 23.7 Å². The van der Waals surface area contributed by atoms with E-state index in [1.165, 1.54) is 5.69 Å². The highest BCUT2D eigenvalue weighted by atomic mass is 35.5. The van der Waals surface area contributed by atoms with E-state index in [1.54, 1.807) is 0 Å². The molecule has 0 amide bonds. The summed E-state index contributed by atoms with van der Waals surface area (Å²) >= 11 is 6.37. The maximum atomic E-state index is 6.37. The van der Waals surface area contributed by atoms with Gasteiger partial charge in [0.05, 0.1) is 5.56 Å². The summed E-state index contributed by atoms with van der Waals surface area (Å²) in [7, 11) is 0. The molecule has 0 fully saturated rings. The zero-order chi connectivity index (χ0) is 18.7. The van der Waals surface area contributed by atoms with Gasteiger partial charge in [-0.05, 0) is 57.5 Å². The average molecular weight is 372 g/mol. The molecule has 0 aliphatic heterocycles. The van der Waals surface area contributed by atoms with Crippen molar-refractivity contribution in [3.8, 4) is 11.5 Å². The molecule has 0 N–H and O–H groups in total. The number of halogens is 1. The Morgan fingerprint density at radius 1 is 1.08 bits per heavy atom. The number of anilines is 1. The monoisotopic (exact) mass is 371 g/mol. The van der Waals surface area contributed by atoms with Crippen LogP contribution in [0.15, 0.2) is 39.2 Å². The van der Waals surface area contributed by atoms with Crippen LogP contribution in [0.3, 0.4) is 0 Å². The molecule has 0 saturated heterocycles. The van der Waals surface area contributed by atoms with Gasteiger partial charge in [-0.25, -0.2) is 0 Å². The summed E-state index contributed by atoms with van der Waals surface area (Å²) in [6.07, 6.45) is 1.82. The van der Waals surface area contributed by atoms with Crippen LogP contribution >= 0.6 is 11.6 Å². The Kier molecular flexibility index (Phi) is 5.47. The third-order valence-corrected chi connectivity index (χ3v) is 4.49. The summed E-state index contributed by atoms with van der Waals surface area (Å²) in [6, 6.07) is 10.1. The second-order valence-corrected chi connectivity index (χ2v) is 6.40. The molecule has 6 heteroatoms. The first-order valence-corrected chi connectivity index (χ1v) is 9.03. The maximum absolute atomic E-state index is 6.37. The van der Waals surface area contributed by atoms with Gasteiger partial charge in [0.2, 0.25) is 0 Å². The molecule has 0 radical (unpaired) electrons. The van der Waals surface area contributed by atoms with E-state index < -0.39 is 0 Å². The van der Waals surface area contributed by atoms with E-state index in [9.17, 15) is 0 Å². The second-order valence-electron chi connectivity index (χ2n) is 6.00. The van der Waals surface area contributed by atoms with Crippen LogP contribution in [0.4, 0.5) is 5.69 Å². The van der Waals surface area contributed by atoms with Crippen LogP contribution in [-0.4, -0.2) is 23.3 Å². The summed E-state index contributed by atoms with van der Waals surface area (Å²) < 4.78 is 11.2. The summed E-state index contributed by atoms with van der Waals surface area (Å²) in [5.41, 5.74) is 2.95. The SMILES string of the molecule is CCN(CC)c1ccc(/C=C(\Cl)c2nnc(-c3cc(C)oc3C)o2)cc1. The highest BCUT2D eigenvalue weighted by molar-refractivity contribution is 6.50. The van der Waals surface area contributed by atoms with E-state index >= 15 is 0 Å². The van der Waals surface area contributed by atoms with Crippen LogP contribution in [0, 0.1) is 13.8 Å². The largest absolute Gasteiger partial charge is 0.466 e. The van der Waals surface area contributed by atoms with E-state index in [0.29, 0.717) is 10.9 Å². The zero-order valence-corrected chi connectivity index (χ0v) is 16.2. The minimum atomic E-state index is 0.285. The van der Waals surface area contributed by atoms with Crippen LogP contribution in [0.2, 0.25) is 0 Å². The summed E-state index contributed by atoms with van der Waals surface area (Å²) in [6.45, 7) is 9.98. The van der Waals surface area contributed by atoms with Gasteiger partial charge >= 0.3 is 0 Å². The number of rotatable bonds is 6. The van der Waals surface area contributed by atoms with Crippen LogP contribution in [0.25, 0.3) is 22.6 Å². The molecule has 0 saturated carbocycles. The van der Waals surface area contributed by atoms with Crippen molar-refractivity contribution < 1.29 is 8.83 Å². The molecule has 0 aliphatic rings. The van der Waals surface area contributed by atoms with Crippen LogP contribution in [-0.2, 0) is 0 Å². The maximum Gasteiger partial charge on any atom is 0.259 e. The van der Waals surface area contributed by atoms with Crippen molar-refractivity contribution in [3.05, 3.63) is 53.3 Å². The van der Waals surface area contributed by atoms with Gasteiger partial charge in [-0.15, -0.1) is 10.2 Å². The second kappa shape index (κ2) is 7.79. The van der Waals surface area contributed by atoms with Gasteiger partial charge < -0.3 is 13.7 Å². The van der Waals surface area contributed by atoms with Gasteiger partial charge in [0.15, 0.2) is 0 Å². The van der Waals surface area contributed by atoms with Crippen molar-refractivity contribution in [2.24, 2.45) is 0 Å². The molecule has 3 rings (SSSR count). The average Bonchev–Trinajstić information content (AvgIpc) is 3.23. The minimum Gasteiger partial charge on any atom is -0.466 e. The Morgan fingerprint density at radius 2 is 1.77 bits per heavy atom. The highest BCUT2D eigenvalue weighted by Gasteiger charge is 2.16. The standard InChI is InChI=1S/C20H22ClN3O2/c1-5-24(6-2)16-9-7-15(8-10-16)12-18(21)20-23-22-19(26-20)17-11-13(3)25-14(17)4/h7-12H,5-6H2,1-4H3/b18-12-. The van der Waals surface area contributed by atoms with Gasteiger partial charge in [-0.2, -0.15) is 0 Å². The van der Waals surface area contributed by atoms with Crippen LogP contribution in [0.5, 0.6) is 0 Å². The molecule has 0 atom stereocenters. The van der Waals surface area contributed by atoms with E-state index in [4.69, 9.17) is 20.4 Å². The molecular formula is C20H22ClN3O2. The molecule has 2 heterocycles. The first-order valence-electron chi connectivity index (χ1n) is 8.65. The van der Waals surface area contributed by atoms with Crippen molar-refractivity contribution in [1.29, 1.82) is 0 Å². The van der Waals surface area contributed by atoms with E-state index in [2.05, 4.69) is 41.1 Å². The fourth-order valence-electron chi connectivity index (χ4n) is 2.85. The quantitative estimate of drug-likeness (QED) is 0.570. The zero-order valence-electron chi connectivity index (χ0n) is 15.4. The summed E-state index contributed by atoms with van der Waals surface area (Å²) in [4.78, 5) is 2.29. The lowest BCUT2D eigenvalue weighted by atomic mass is 10.2. The Bertz CT molecular complexity index is 906. The minimum absolute atomic E-state index is 0.285. The fraction of sp³-hybridized carbons (Fsp3) is 0.300. The molecule has 1 aromatic carbocycles. The number of nitrogens with zero attached hydrogens (tertiary/aromatic N) is 3. The predicted octanol–water partition coefficient (Wildman–Crippen LogP) is 5.53. The Hall–Kier alpha value is -2.53. The molecule has 26 heavy (non-hydrogen) atoms. The van der Waals surface area contributed by atoms with Crippen molar-refractivity contribution in [2.45, 2.75) is 27.7 Å². The van der Waals surface area contributed by atoms with Gasteiger partial charge in [0, 0.05) is 18.8 Å². The lowest BCUT2D eigenvalue weighted by Crippen LogP contribution is -2.21. The van der Waals surface area contributed by atoms with Gasteiger partial charge in [0.1, 0.15) is 16.6 Å². The molecular weight excluding hydrogens is 350 g/mol. The first-order chi connectivity index (χ1) is 12.5. The highest BCUT2D eigenvalue weighted by Crippen LogP contribution is 2.29. The Morgan fingerprint density at radius 3 is 2.35 bits per heavy atom. The normalized spacial score (nSPS) is 11.8. The number of furan rings is 1.